The standard InChI is InChI=1S/C79H101B2N6O17PSi2/c1-49-53(5)97-64(46-93-55(7)89)72(70(49)94-44-56-32-20-14-21-33-56)104-75-66(84-86-82)51(3)68(65(99-75)48-96-107(79(11,12)13,60-40-28-18-29-41-60)61-42-30-19-31-43-61)103-77-71(101-74(90)57-34-22-15-23-35-57)52(4)69(63(100-77)45-92-54(6)88)102-76-67(85-87-83)73(105-81-80-91)50(2)62(98-76)47-95-106(78(8,9)10,58-36-24-16-25-37-58)59-38-26-17-27-39-59/h14-43,49-53,62-73,75-77,81,105H,44-48H2,1-13H3/t49?,50-,51-,52+,53?,62?,63?,64?,65?,66?,67?,68+,69+,70+,71?,72-,73+,75+,76+,77+/m1/s1. The first-order valence-corrected chi connectivity index (χ1v) is 42.0. The fourth-order valence-electron chi connectivity index (χ4n) is 15.7. The van der Waals surface area contributed by atoms with Crippen molar-refractivity contribution in [2.45, 2.75) is 204 Å². The molecule has 6 aromatic carbocycles. The van der Waals surface area contributed by atoms with E-state index in [1.54, 1.807) is 37.3 Å². The zero-order valence-corrected chi connectivity index (χ0v) is 66.3. The molecule has 0 bridgehead atoms. The van der Waals surface area contributed by atoms with Crippen LogP contribution in [0.1, 0.15) is 106 Å². The Kier molecular flexibility index (Phi) is 28.8. The molecular weight excluding hydrogens is 1410 g/mol. The maximum atomic E-state index is 14.9. The van der Waals surface area contributed by atoms with Crippen molar-refractivity contribution in [2.75, 3.05) is 26.4 Å². The number of esters is 3. The van der Waals surface area contributed by atoms with Crippen molar-refractivity contribution in [1.82, 2.24) is 0 Å². The molecule has 0 saturated carbocycles. The predicted octanol–water partition coefficient (Wildman–Crippen LogP) is 11.5. The van der Waals surface area contributed by atoms with Crippen LogP contribution in [0.3, 0.4) is 0 Å². The van der Waals surface area contributed by atoms with Gasteiger partial charge in [0.25, 0.3) is 8.32 Å². The number of azide groups is 2. The Morgan fingerprint density at radius 2 is 0.888 bits per heavy atom. The number of benzene rings is 6. The van der Waals surface area contributed by atoms with Gasteiger partial charge in [0.2, 0.25) is 0 Å². The second kappa shape index (κ2) is 37.4. The van der Waals surface area contributed by atoms with Crippen LogP contribution in [0.2, 0.25) is 10.1 Å². The fraction of sp³-hybridized carbons (Fsp3) is 0.506. The van der Waals surface area contributed by atoms with Gasteiger partial charge in [0.05, 0.1) is 31.5 Å². The third kappa shape index (κ3) is 19.1. The molecule has 0 aromatic heterocycles. The van der Waals surface area contributed by atoms with Crippen molar-refractivity contribution in [3.8, 4) is 0 Å². The molecule has 10 unspecified atom stereocenters. The van der Waals surface area contributed by atoms with Gasteiger partial charge in [-0.05, 0) is 51.5 Å². The number of rotatable bonds is 30. The Balaban J connectivity index is 1.07. The fourth-order valence-corrected chi connectivity index (χ4v) is 26.3. The van der Waals surface area contributed by atoms with Crippen LogP contribution < -0.4 is 20.7 Å². The van der Waals surface area contributed by atoms with Crippen LogP contribution in [-0.2, 0) is 81.9 Å². The molecule has 4 aliphatic heterocycles. The summed E-state index contributed by atoms with van der Waals surface area (Å²) in [5, 5.41) is 11.9. The Labute approximate surface area is 633 Å². The number of nitrogens with zero attached hydrogens (tertiary/aromatic N) is 6. The molecule has 21 atom stereocenters. The van der Waals surface area contributed by atoms with Gasteiger partial charge in [-0.25, -0.2) is 0 Å². The van der Waals surface area contributed by atoms with Gasteiger partial charge in [-0.15, -0.1) is 0 Å². The molecule has 107 heavy (non-hydrogen) atoms. The van der Waals surface area contributed by atoms with Crippen molar-refractivity contribution in [3.05, 3.63) is 214 Å². The number of hydrogen-bond donors (Lipinski definition) is 0. The van der Waals surface area contributed by atoms with E-state index in [1.807, 2.05) is 131 Å². The molecule has 23 nitrogen and oxygen atoms in total. The maximum absolute atomic E-state index is 14.9. The quantitative estimate of drug-likeness (QED) is 0.00770. The molecule has 4 fully saturated rings. The summed E-state index contributed by atoms with van der Waals surface area (Å²) in [6, 6.07) is 56.5. The second-order valence-electron chi connectivity index (χ2n) is 30.3. The average Bonchev–Trinajstić information content (AvgIpc) is 0.747. The monoisotopic (exact) mass is 1510 g/mol. The normalized spacial score (nSPS) is 29.1. The summed E-state index contributed by atoms with van der Waals surface area (Å²) >= 11 is 0. The minimum atomic E-state index is -3.45. The molecule has 28 heteroatoms. The van der Waals surface area contributed by atoms with Crippen LogP contribution in [0.5, 0.6) is 0 Å². The van der Waals surface area contributed by atoms with E-state index < -0.39 is 161 Å². The van der Waals surface area contributed by atoms with Crippen molar-refractivity contribution in [2.24, 2.45) is 33.9 Å². The minimum absolute atomic E-state index is 0.0405. The zero-order chi connectivity index (χ0) is 76.6. The Morgan fingerprint density at radius 3 is 1.36 bits per heavy atom. The van der Waals surface area contributed by atoms with E-state index in [1.165, 1.54) is 13.8 Å². The van der Waals surface area contributed by atoms with Gasteiger partial charge in [0, 0.05) is 17.8 Å². The molecule has 0 aliphatic carbocycles. The van der Waals surface area contributed by atoms with E-state index in [0.717, 1.165) is 33.4 Å². The topological polar surface area (TPSA) is 286 Å². The van der Waals surface area contributed by atoms with Gasteiger partial charge in [-0.3, -0.25) is 4.79 Å². The molecule has 0 spiro atoms. The molecule has 568 valence electrons. The van der Waals surface area contributed by atoms with Gasteiger partial charge in [-0.1, -0.05) is 149 Å². The Hall–Kier alpha value is -7.26. The number of carbonyl (C=O) groups excluding carboxylic acids is 3. The summed E-state index contributed by atoms with van der Waals surface area (Å²) in [6.07, 6.45) is -14.2. The van der Waals surface area contributed by atoms with Crippen molar-refractivity contribution in [1.29, 1.82) is 0 Å². The zero-order valence-electron chi connectivity index (χ0n) is 63.3. The number of hydrogen-bond acceptors (Lipinski definition) is 19. The van der Waals surface area contributed by atoms with E-state index in [2.05, 4.69) is 110 Å². The first kappa shape index (κ1) is 82.2. The van der Waals surface area contributed by atoms with Gasteiger partial charge in [0.1, 0.15) is 24.9 Å². The van der Waals surface area contributed by atoms with Crippen molar-refractivity contribution >= 4 is 77.7 Å². The molecule has 0 radical (unpaired) electrons. The second-order valence-corrected chi connectivity index (χ2v) is 40.4. The molecular formula is C79H101B2N6O17PSi2. The summed E-state index contributed by atoms with van der Waals surface area (Å²) in [4.78, 5) is 47.5. The SMILES string of the molecule is CC(=O)OCC1O[C@@H](O[C@@H]2C(CO[Si](c3ccccc3)(c3ccccc3)C(C)(C)C)O[C@@H](O[C@@H]3C(COC(C)=O)OC(C)C(C)[C@@H]3OCc3ccccc3)C(N=[N+]=[N-])[C@H]2C)C(OC(=O)c2ccccc2)[C@@H](C)[C@@H]1O[C@@H]1OC(CO[Si](c2ccccc2)(c2ccccc2)C(C)(C)C)[C@@H](C)[C@H](PBB=O)C1N=[N+]=[N-]. The van der Waals surface area contributed by atoms with Crippen LogP contribution in [0.25, 0.3) is 20.9 Å². The Morgan fingerprint density at radius 1 is 0.486 bits per heavy atom. The first-order chi connectivity index (χ1) is 51.3. The van der Waals surface area contributed by atoms with Crippen molar-refractivity contribution < 1.29 is 80.0 Å². The van der Waals surface area contributed by atoms with E-state index in [9.17, 15) is 30.2 Å². The Bertz CT molecular complexity index is 3880. The average molecular weight is 1520 g/mol. The van der Waals surface area contributed by atoms with Gasteiger partial charge >= 0.3 is 314 Å². The first-order valence-electron chi connectivity index (χ1n) is 36.9. The molecule has 4 saturated heterocycles. The molecule has 4 heterocycles. The molecule has 10 rings (SSSR count). The van der Waals surface area contributed by atoms with Crippen LogP contribution in [0, 0.1) is 23.7 Å². The van der Waals surface area contributed by atoms with Crippen LogP contribution >= 0.6 is 8.46 Å². The van der Waals surface area contributed by atoms with Gasteiger partial charge in [-0.2, -0.15) is 0 Å². The molecule has 0 amide bonds. The van der Waals surface area contributed by atoms with Crippen molar-refractivity contribution in [3.63, 3.8) is 0 Å². The van der Waals surface area contributed by atoms with E-state index in [0.29, 0.717) is 0 Å². The molecule has 6 aromatic rings. The number of carbonyl (C=O) groups is 3. The van der Waals surface area contributed by atoms with Gasteiger partial charge < -0.3 is 28.1 Å². The van der Waals surface area contributed by atoms with Crippen LogP contribution in [0.15, 0.2) is 192 Å². The van der Waals surface area contributed by atoms with Crippen LogP contribution in [0.4, 0.5) is 0 Å². The molecule has 4 aliphatic rings. The third-order valence-corrected chi connectivity index (χ3v) is 33.1. The van der Waals surface area contributed by atoms with E-state index >= 15 is 0 Å². The molecule has 0 N–H and O–H groups in total. The van der Waals surface area contributed by atoms with Gasteiger partial charge in [0.15, 0.2) is 6.29 Å². The summed E-state index contributed by atoms with van der Waals surface area (Å²) < 4.78 is 103. The number of ether oxygens (including phenoxy) is 11. The predicted molar refractivity (Wildman–Crippen MR) is 414 cm³/mol. The summed E-state index contributed by atoms with van der Waals surface area (Å²) in [5.74, 6) is -4.40. The summed E-state index contributed by atoms with van der Waals surface area (Å²) in [7, 11) is -5.85. The van der Waals surface area contributed by atoms with E-state index in [-0.39, 0.29) is 59.2 Å². The van der Waals surface area contributed by atoms with E-state index in [4.69, 9.17) is 61.0 Å². The third-order valence-electron chi connectivity index (χ3n) is 21.3. The summed E-state index contributed by atoms with van der Waals surface area (Å²) in [5.41, 5.74) is 21.8. The summed E-state index contributed by atoms with van der Waals surface area (Å²) in [6.45, 7) is 24.8. The van der Waals surface area contributed by atoms with Crippen LogP contribution in [-0.4, -0.2) is 173 Å².